The number of hydrogen-bond acceptors (Lipinski definition) is 22. The van der Waals surface area contributed by atoms with E-state index in [0.29, 0.717) is 96.8 Å². The lowest BCUT2D eigenvalue weighted by molar-refractivity contribution is -0.149. The van der Waals surface area contributed by atoms with Gasteiger partial charge in [0.2, 0.25) is 59.1 Å². The number of nitrogens with zero attached hydrogens (tertiary/aromatic N) is 8. The fraction of sp³-hybridized carbons (Fsp3) is 0.730. The van der Waals surface area contributed by atoms with E-state index < -0.39 is 96.3 Å². The van der Waals surface area contributed by atoms with Gasteiger partial charge < -0.3 is 58.6 Å². The van der Waals surface area contributed by atoms with Gasteiger partial charge in [-0.1, -0.05) is 163 Å². The average Bonchev–Trinajstić information content (AvgIpc) is 1.79. The van der Waals surface area contributed by atoms with Crippen LogP contribution in [0, 0.1) is 59.2 Å². The van der Waals surface area contributed by atoms with Crippen molar-refractivity contribution in [3.05, 3.63) is 71.8 Å². The smallest absolute Gasteiger partial charge is 0.307 e. The van der Waals surface area contributed by atoms with Crippen molar-refractivity contribution >= 4 is 112 Å². The molecule has 4 aliphatic heterocycles. The molecule has 736 valence electrons. The fourth-order valence-corrected chi connectivity index (χ4v) is 20.4. The summed E-state index contributed by atoms with van der Waals surface area (Å²) in [7, 11) is 12.7. The number of rotatable bonds is 57. The van der Waals surface area contributed by atoms with Gasteiger partial charge in [-0.15, -0.1) is 0 Å². The molecule has 4 unspecified atom stereocenters. The molecule has 2 N–H and O–H groups in total. The van der Waals surface area contributed by atoms with E-state index in [4.69, 9.17) is 18.9 Å². The first-order valence-corrected chi connectivity index (χ1v) is 50.2. The molecule has 131 heavy (non-hydrogen) atoms. The number of carboxylic acid groups (broad SMARTS) is 1. The Bertz CT molecular complexity index is 4070. The molecule has 2 aromatic rings. The third kappa shape index (κ3) is 31.6. The van der Waals surface area contributed by atoms with E-state index in [1.165, 1.54) is 57.3 Å². The number of carboxylic acids is 1. The number of imide groups is 2. The van der Waals surface area contributed by atoms with Gasteiger partial charge in [-0.3, -0.25) is 81.7 Å². The third-order valence-corrected chi connectivity index (χ3v) is 30.4. The molecule has 0 bridgehead atoms. The van der Waals surface area contributed by atoms with Crippen LogP contribution in [0.4, 0.5) is 0 Å². The van der Waals surface area contributed by atoms with Crippen molar-refractivity contribution < 1.29 is 101 Å². The van der Waals surface area contributed by atoms with Crippen molar-refractivity contribution in [1.82, 2.24) is 39.2 Å². The first-order valence-electron chi connectivity index (χ1n) is 47.6. The highest BCUT2D eigenvalue weighted by Gasteiger charge is 2.48. The summed E-state index contributed by atoms with van der Waals surface area (Å²) in [5.74, 6) is -8.03. The number of ketones is 4. The van der Waals surface area contributed by atoms with Gasteiger partial charge in [-0.05, 0) is 125 Å². The number of benzene rings is 2. The molecule has 4 saturated heterocycles. The Kier molecular flexibility index (Phi) is 48.5. The number of unbranched alkanes of at least 4 members (excludes halogenated alkanes) is 4. The van der Waals surface area contributed by atoms with Crippen molar-refractivity contribution in [2.24, 2.45) is 59.2 Å². The number of likely N-dealkylation sites (tertiary alicyclic amines) is 4. The lowest BCUT2D eigenvalue weighted by Gasteiger charge is -2.41. The number of thioether (sulfide) groups is 2. The van der Waals surface area contributed by atoms with Crippen LogP contribution < -0.4 is 0 Å². The molecule has 10 amide bonds. The number of methoxy groups -OCH3 is 4. The molecule has 4 fully saturated rings. The summed E-state index contributed by atoms with van der Waals surface area (Å²) in [6.45, 7) is 26.0. The first kappa shape index (κ1) is 114. The Balaban J connectivity index is 0.000000464. The minimum atomic E-state index is -1.05. The van der Waals surface area contributed by atoms with Crippen LogP contribution in [-0.2, 0) is 97.3 Å². The average molecular weight is 1870 g/mol. The molecule has 29 nitrogen and oxygen atoms in total. The van der Waals surface area contributed by atoms with E-state index in [-0.39, 0.29) is 199 Å². The van der Waals surface area contributed by atoms with Gasteiger partial charge in [-0.2, -0.15) is 23.5 Å². The van der Waals surface area contributed by atoms with E-state index in [9.17, 15) is 82.1 Å². The van der Waals surface area contributed by atoms with Gasteiger partial charge in [0.05, 0.1) is 96.0 Å². The van der Waals surface area contributed by atoms with Crippen molar-refractivity contribution in [2.75, 3.05) is 95.3 Å². The van der Waals surface area contributed by atoms with E-state index in [2.05, 4.69) is 0 Å². The van der Waals surface area contributed by atoms with Crippen LogP contribution in [0.5, 0.6) is 0 Å². The number of hydrogen-bond donors (Lipinski definition) is 2. The Morgan fingerprint density at radius 1 is 0.466 bits per heavy atom. The molecule has 21 atom stereocenters. The highest BCUT2D eigenvalue weighted by Crippen LogP contribution is 2.37. The largest absolute Gasteiger partial charge is 0.481 e. The monoisotopic (exact) mass is 1870 g/mol. The van der Waals surface area contributed by atoms with Crippen molar-refractivity contribution in [3.63, 3.8) is 0 Å². The number of amides is 10. The molecule has 0 aromatic heterocycles. The Hall–Kier alpha value is -7.81. The topological polar surface area (TPSA) is 359 Å². The van der Waals surface area contributed by atoms with Crippen LogP contribution >= 0.6 is 23.5 Å². The normalized spacial score (nSPS) is 20.4. The van der Waals surface area contributed by atoms with Gasteiger partial charge in [0.15, 0.2) is 11.6 Å². The molecular formula is C100H158N8O21S2. The third-order valence-electron chi connectivity index (χ3n) is 28.5. The number of carbonyl (C=O) groups is 15. The molecule has 0 spiro atoms. The number of ether oxygens (including phenoxy) is 4. The Morgan fingerprint density at radius 3 is 1.18 bits per heavy atom. The zero-order valence-electron chi connectivity index (χ0n) is 82.7. The van der Waals surface area contributed by atoms with Crippen LogP contribution in [0.15, 0.2) is 60.7 Å². The molecule has 0 saturated carbocycles. The number of likely N-dealkylation sites (N-methyl/N-ethyl adjacent to an activating group) is 4. The van der Waals surface area contributed by atoms with Gasteiger partial charge >= 0.3 is 5.97 Å². The van der Waals surface area contributed by atoms with Crippen molar-refractivity contribution in [3.8, 4) is 0 Å². The van der Waals surface area contributed by atoms with Gasteiger partial charge in [0.1, 0.15) is 11.6 Å². The van der Waals surface area contributed by atoms with E-state index >= 15 is 0 Å². The van der Waals surface area contributed by atoms with E-state index in [1.54, 1.807) is 82.8 Å². The molecule has 0 aliphatic carbocycles. The minimum absolute atomic E-state index is 0.000886. The molecule has 6 rings (SSSR count). The summed E-state index contributed by atoms with van der Waals surface area (Å²) >= 11 is 2.76. The number of Topliss-reactive ketones (excluding diaryl/α,β-unsaturated/α-hetero) is 4. The first-order chi connectivity index (χ1) is 62.0. The molecule has 4 heterocycles. The summed E-state index contributed by atoms with van der Waals surface area (Å²) in [6, 6.07) is 15.2. The Labute approximate surface area is 788 Å². The number of aliphatic carboxylic acids is 1. The highest BCUT2D eigenvalue weighted by atomic mass is 32.2. The van der Waals surface area contributed by atoms with Crippen molar-refractivity contribution in [2.45, 2.75) is 315 Å². The number of aliphatic hydroxyl groups excluding tert-OH is 1. The van der Waals surface area contributed by atoms with Crippen LogP contribution in [-0.4, -0.2) is 304 Å². The van der Waals surface area contributed by atoms with Gasteiger partial charge in [-0.25, -0.2) is 0 Å². The van der Waals surface area contributed by atoms with Gasteiger partial charge in [0, 0.05) is 158 Å². The fourth-order valence-electron chi connectivity index (χ4n) is 19.2. The lowest BCUT2D eigenvalue weighted by Crippen LogP contribution is -2.54. The van der Waals surface area contributed by atoms with Crippen LogP contribution in [0.2, 0.25) is 0 Å². The predicted octanol–water partition coefficient (Wildman–Crippen LogP) is 12.3. The minimum Gasteiger partial charge on any atom is -0.481 e. The molecule has 31 heteroatoms. The summed E-state index contributed by atoms with van der Waals surface area (Å²) in [5, 5.41) is 20.3. The number of carbonyl (C=O) groups excluding carboxylic acids is 14. The zero-order chi connectivity index (χ0) is 98.1. The molecule has 2 aromatic carbocycles. The molecular weight excluding hydrogens is 1710 g/mol. The van der Waals surface area contributed by atoms with Crippen LogP contribution in [0.25, 0.3) is 0 Å². The maximum Gasteiger partial charge on any atom is 0.307 e. The molecule has 4 aliphatic rings. The van der Waals surface area contributed by atoms with Crippen LogP contribution in [0.3, 0.4) is 0 Å². The van der Waals surface area contributed by atoms with Gasteiger partial charge in [0.25, 0.3) is 0 Å². The maximum absolute atomic E-state index is 14.5. The summed E-state index contributed by atoms with van der Waals surface area (Å²) in [6.07, 6.45) is 8.84. The van der Waals surface area contributed by atoms with Crippen molar-refractivity contribution in [1.29, 1.82) is 0 Å². The SMILES string of the molecule is CC[C@H](C)[C@@H]([C@@H](CC(=O)N1CCC[C@H]1[C@H](OC)[C@@H](C)C(=O)C[C@@H](Cc1ccccc1)C(=O)O)OC)N(C)C(=O)C(CC(=O)[C@H](C)N(C)C(=O)CCCCCN1C(=O)CC(SC)C1=O)C(C)C.CC[C@H](C)[C@@H]([C@@H](CC(=O)N1CCC[C@H]1[C@H](OC)[C@@H](C)C(=O)C[C@H](C)[C@@H](O)c1ccccc1)OC)N(C)C(=O)C(CC(=O)[C@H](C)N(C)C(=O)CCCCCN1C(=O)CC(SC)C1=O)C(C)C. The highest BCUT2D eigenvalue weighted by molar-refractivity contribution is 8.00. The summed E-state index contributed by atoms with van der Waals surface area (Å²) in [5.41, 5.74) is 1.58. The predicted molar refractivity (Wildman–Crippen MR) is 508 cm³/mol. The van der Waals surface area contributed by atoms with E-state index in [1.807, 2.05) is 142 Å². The lowest BCUT2D eigenvalue weighted by atomic mass is 9.84. The van der Waals surface area contributed by atoms with E-state index in [0.717, 1.165) is 17.5 Å². The second-order valence-corrected chi connectivity index (χ2v) is 39.8. The maximum atomic E-state index is 14.5. The zero-order valence-corrected chi connectivity index (χ0v) is 84.3. The van der Waals surface area contributed by atoms with Crippen LogP contribution in [0.1, 0.15) is 248 Å². The summed E-state index contributed by atoms with van der Waals surface area (Å²) < 4.78 is 24.0. The second kappa shape index (κ2) is 55.9. The number of aliphatic hydroxyl groups is 1. The summed E-state index contributed by atoms with van der Waals surface area (Å²) in [4.78, 5) is 213. The Morgan fingerprint density at radius 2 is 0.840 bits per heavy atom. The second-order valence-electron chi connectivity index (χ2n) is 37.7. The quantitative estimate of drug-likeness (QED) is 0.0459. The standard InChI is InChI=1S/C50H78N4O11S.C50H80N4O10S/c1-12-32(4)46(41(64-9)29-44(58)53-25-19-22-38(53)47(65-10)33(5)39(55)27-36(50(62)63)26-35-20-15-13-16-21-35)52(8)48(60)37(31(2)3)28-40(56)34(6)51(7)43(57)23-17-14-18-24-54-45(59)30-42(66-11)49(54)61;1-13-32(4)46(41(63-10)29-44(58)53-26-20-23-38(53)48(64-11)34(6)39(55)27-33(5)47(60)36-21-16-14-17-22-36)52(9)49(61)37(31(2)3)28-40(56)35(7)51(8)43(57)24-18-15-19-25-54-45(59)30-42(65-12)50(54)62/h13,15-16,20-21,31-34,36-38,41-42,46-47H,12,14,17-19,22-30H2,1-11H3,(H,62,63);14,16-17,21-22,31-35,37-38,41-42,46-48,60H,13,15,18-20,23-30H2,1-12H3/t32-,33-,34-,36+,37?,38-,41+,42?,46-,47+;32-,33-,34-,35-,37?,38-,41+,42?,46-,47+,48+/m00/s1. The molecule has 0 radical (unpaired) electrons.